The fourth-order valence-electron chi connectivity index (χ4n) is 2.32. The predicted molar refractivity (Wildman–Crippen MR) is 88.1 cm³/mol. The number of nitrogens with zero attached hydrogens (tertiary/aromatic N) is 1. The van der Waals surface area contributed by atoms with E-state index in [1.54, 1.807) is 12.1 Å². The van der Waals surface area contributed by atoms with Crippen molar-refractivity contribution in [1.82, 2.24) is 0 Å². The van der Waals surface area contributed by atoms with Gasteiger partial charge in [-0.15, -0.1) is 0 Å². The number of carboxylic acids is 1. The molecular weight excluding hydrogens is 278 g/mol. The third-order valence-electron chi connectivity index (χ3n) is 3.65. The number of anilines is 1. The van der Waals surface area contributed by atoms with Crippen molar-refractivity contribution in [2.24, 2.45) is 0 Å². The van der Waals surface area contributed by atoms with Crippen LogP contribution in [0.5, 0.6) is 5.75 Å². The molecule has 116 valence electrons. The topological polar surface area (TPSA) is 49.8 Å². The molecule has 0 bridgehead atoms. The number of hydrogen-bond donors (Lipinski definition) is 1. The lowest BCUT2D eigenvalue weighted by Crippen LogP contribution is -2.08. The lowest BCUT2D eigenvalue weighted by molar-refractivity contribution is 0.0693. The normalized spacial score (nSPS) is 10.3. The Hall–Kier alpha value is -2.49. The van der Waals surface area contributed by atoms with E-state index in [0.29, 0.717) is 5.75 Å². The van der Waals surface area contributed by atoms with Crippen LogP contribution in [0.25, 0.3) is 0 Å². The average molecular weight is 299 g/mol. The van der Waals surface area contributed by atoms with Gasteiger partial charge in [-0.25, -0.2) is 4.79 Å². The molecule has 0 radical (unpaired) electrons. The van der Waals surface area contributed by atoms with Crippen LogP contribution in [0.3, 0.4) is 0 Å². The molecule has 0 aliphatic rings. The Morgan fingerprint density at radius 3 is 2.18 bits per heavy atom. The number of rotatable bonds is 6. The number of aromatic carboxylic acids is 1. The maximum absolute atomic E-state index is 11.1. The van der Waals surface area contributed by atoms with Gasteiger partial charge in [0.25, 0.3) is 0 Å². The molecule has 2 rings (SSSR count). The number of benzene rings is 2. The molecule has 0 unspecified atom stereocenters. The molecule has 0 aliphatic heterocycles. The molecule has 22 heavy (non-hydrogen) atoms. The van der Waals surface area contributed by atoms with Crippen LogP contribution in [-0.2, 0) is 12.8 Å². The third kappa shape index (κ3) is 3.79. The molecule has 0 aliphatic carbocycles. The molecule has 0 saturated heterocycles. The van der Waals surface area contributed by atoms with Crippen LogP contribution in [0.1, 0.15) is 21.5 Å². The predicted octanol–water partition coefficient (Wildman–Crippen LogP) is 3.24. The Balaban J connectivity index is 2.06. The molecule has 1 N–H and O–H groups in total. The zero-order valence-electron chi connectivity index (χ0n) is 13.2. The third-order valence-corrected chi connectivity index (χ3v) is 3.65. The lowest BCUT2D eigenvalue weighted by Gasteiger charge is -2.13. The fourth-order valence-corrected chi connectivity index (χ4v) is 2.32. The van der Waals surface area contributed by atoms with E-state index < -0.39 is 5.97 Å². The maximum Gasteiger partial charge on any atom is 0.339 e. The highest BCUT2D eigenvalue weighted by Gasteiger charge is 2.11. The summed E-state index contributed by atoms with van der Waals surface area (Å²) in [6, 6.07) is 13.7. The smallest absolute Gasteiger partial charge is 0.339 e. The van der Waals surface area contributed by atoms with Gasteiger partial charge < -0.3 is 14.7 Å². The Bertz CT molecular complexity index is 648. The molecule has 0 heterocycles. The first kappa shape index (κ1) is 15.9. The number of methoxy groups -OCH3 is 1. The number of aryl methyl sites for hydroxylation is 2. The van der Waals surface area contributed by atoms with Gasteiger partial charge in [0, 0.05) is 19.8 Å². The first-order chi connectivity index (χ1) is 10.5. The van der Waals surface area contributed by atoms with E-state index in [0.717, 1.165) is 18.4 Å². The van der Waals surface area contributed by atoms with E-state index >= 15 is 0 Å². The van der Waals surface area contributed by atoms with Crippen LogP contribution >= 0.6 is 0 Å². The van der Waals surface area contributed by atoms with E-state index in [2.05, 4.69) is 29.2 Å². The summed E-state index contributed by atoms with van der Waals surface area (Å²) in [5, 5.41) is 9.08. The van der Waals surface area contributed by atoms with Crippen molar-refractivity contribution < 1.29 is 14.6 Å². The van der Waals surface area contributed by atoms with Crippen LogP contribution in [0.4, 0.5) is 5.69 Å². The fraction of sp³-hybridized carbons (Fsp3) is 0.278. The molecule has 0 amide bonds. The standard InChI is InChI=1S/C18H21NO3/c1-19(2)15-9-6-13(7-10-15)4-5-14-8-11-16(18(20)21)17(12-14)22-3/h6-12H,4-5H2,1-3H3,(H,20,21). The van der Waals surface area contributed by atoms with Gasteiger partial charge >= 0.3 is 5.97 Å². The molecule has 2 aromatic rings. The zero-order chi connectivity index (χ0) is 16.1. The van der Waals surface area contributed by atoms with Gasteiger partial charge in [0.1, 0.15) is 11.3 Å². The van der Waals surface area contributed by atoms with Crippen LogP contribution < -0.4 is 9.64 Å². The van der Waals surface area contributed by atoms with Crippen molar-refractivity contribution in [3.63, 3.8) is 0 Å². The number of carbonyl (C=O) groups is 1. The van der Waals surface area contributed by atoms with Crippen molar-refractivity contribution >= 4 is 11.7 Å². The zero-order valence-corrected chi connectivity index (χ0v) is 13.2. The minimum atomic E-state index is -0.970. The van der Waals surface area contributed by atoms with E-state index in [4.69, 9.17) is 9.84 Å². The quantitative estimate of drug-likeness (QED) is 0.889. The summed E-state index contributed by atoms with van der Waals surface area (Å²) in [7, 11) is 5.53. The summed E-state index contributed by atoms with van der Waals surface area (Å²) in [5.41, 5.74) is 3.70. The van der Waals surface area contributed by atoms with Crippen LogP contribution in [-0.4, -0.2) is 32.3 Å². The van der Waals surface area contributed by atoms with Gasteiger partial charge in [-0.3, -0.25) is 0 Å². The van der Waals surface area contributed by atoms with Crippen molar-refractivity contribution in [3.8, 4) is 5.75 Å². The van der Waals surface area contributed by atoms with Crippen LogP contribution in [0, 0.1) is 0 Å². The summed E-state index contributed by atoms with van der Waals surface area (Å²) in [6.07, 6.45) is 1.75. The van der Waals surface area contributed by atoms with Crippen molar-refractivity contribution in [1.29, 1.82) is 0 Å². The van der Waals surface area contributed by atoms with Gasteiger partial charge in [-0.05, 0) is 48.2 Å². The first-order valence-electron chi connectivity index (χ1n) is 7.17. The summed E-state index contributed by atoms with van der Waals surface area (Å²) < 4.78 is 5.16. The monoisotopic (exact) mass is 299 g/mol. The van der Waals surface area contributed by atoms with Gasteiger partial charge in [-0.2, -0.15) is 0 Å². The van der Waals surface area contributed by atoms with Crippen molar-refractivity contribution in [2.45, 2.75) is 12.8 Å². The summed E-state index contributed by atoms with van der Waals surface area (Å²) in [4.78, 5) is 13.1. The lowest BCUT2D eigenvalue weighted by atomic mass is 10.0. The Labute approximate surface area is 131 Å². The SMILES string of the molecule is COc1cc(CCc2ccc(N(C)C)cc2)ccc1C(=O)O. The molecule has 0 aromatic heterocycles. The molecule has 0 spiro atoms. The first-order valence-corrected chi connectivity index (χ1v) is 7.17. The van der Waals surface area contributed by atoms with Crippen LogP contribution in [0.2, 0.25) is 0 Å². The van der Waals surface area contributed by atoms with Crippen molar-refractivity contribution in [3.05, 3.63) is 59.2 Å². The largest absolute Gasteiger partial charge is 0.496 e. The molecule has 4 nitrogen and oxygen atoms in total. The van der Waals surface area contributed by atoms with Gasteiger partial charge in [0.15, 0.2) is 0 Å². The molecular formula is C18H21NO3. The highest BCUT2D eigenvalue weighted by Crippen LogP contribution is 2.21. The van der Waals surface area contributed by atoms with Gasteiger partial charge in [-0.1, -0.05) is 18.2 Å². The highest BCUT2D eigenvalue weighted by molar-refractivity contribution is 5.90. The molecule has 0 atom stereocenters. The number of hydrogen-bond acceptors (Lipinski definition) is 3. The molecule has 0 fully saturated rings. The molecule has 4 heteroatoms. The van der Waals surface area contributed by atoms with E-state index in [1.807, 2.05) is 20.2 Å². The minimum Gasteiger partial charge on any atom is -0.496 e. The average Bonchev–Trinajstić information content (AvgIpc) is 2.52. The number of carboxylic acid groups (broad SMARTS) is 1. The summed E-state index contributed by atoms with van der Waals surface area (Å²) in [6.45, 7) is 0. The second kappa shape index (κ2) is 6.98. The highest BCUT2D eigenvalue weighted by atomic mass is 16.5. The van der Waals surface area contributed by atoms with E-state index in [9.17, 15) is 4.79 Å². The second-order valence-electron chi connectivity index (χ2n) is 5.40. The van der Waals surface area contributed by atoms with E-state index in [1.165, 1.54) is 18.4 Å². The van der Waals surface area contributed by atoms with Crippen LogP contribution in [0.15, 0.2) is 42.5 Å². The second-order valence-corrected chi connectivity index (χ2v) is 5.40. The van der Waals surface area contributed by atoms with E-state index in [-0.39, 0.29) is 5.56 Å². The number of ether oxygens (including phenoxy) is 1. The summed E-state index contributed by atoms with van der Waals surface area (Å²) in [5.74, 6) is -0.560. The minimum absolute atomic E-state index is 0.196. The molecule has 0 saturated carbocycles. The van der Waals surface area contributed by atoms with Gasteiger partial charge in [0.2, 0.25) is 0 Å². The Kier molecular flexibility index (Phi) is 5.04. The maximum atomic E-state index is 11.1. The van der Waals surface area contributed by atoms with Crippen molar-refractivity contribution in [2.75, 3.05) is 26.1 Å². The summed E-state index contributed by atoms with van der Waals surface area (Å²) >= 11 is 0. The molecule has 2 aromatic carbocycles. The Morgan fingerprint density at radius 1 is 1.05 bits per heavy atom. The van der Waals surface area contributed by atoms with Gasteiger partial charge in [0.05, 0.1) is 7.11 Å². The Morgan fingerprint density at radius 2 is 1.64 bits per heavy atom.